The van der Waals surface area contributed by atoms with Gasteiger partial charge in [-0.1, -0.05) is 42.5 Å². The third kappa shape index (κ3) is 3.55. The van der Waals surface area contributed by atoms with Gasteiger partial charge in [0.15, 0.2) is 5.58 Å². The predicted molar refractivity (Wildman–Crippen MR) is 112 cm³/mol. The van der Waals surface area contributed by atoms with Crippen molar-refractivity contribution >= 4 is 38.5 Å². The van der Waals surface area contributed by atoms with Gasteiger partial charge in [-0.3, -0.25) is 4.79 Å². The number of amides is 1. The molecule has 0 bridgehead atoms. The fraction of sp³-hybridized carbons (Fsp3) is 0.0455. The minimum absolute atomic E-state index is 0.225. The van der Waals surface area contributed by atoms with Crippen LogP contribution in [0.1, 0.15) is 20.7 Å². The Morgan fingerprint density at radius 3 is 2.28 bits per heavy atom. The number of aromatic carboxylic acids is 1. The number of rotatable bonds is 4. The molecule has 144 valence electrons. The van der Waals surface area contributed by atoms with Crippen LogP contribution in [-0.4, -0.2) is 24.0 Å². The standard InChI is InChI=1S/C22H15NO5S/c1-23(19-12-17-18(29-19)11-16(21(25)26)22(27)28-17)20(24)15-9-7-14(8-10-15)13-5-3-2-4-6-13/h2-12H,1H3,(H,25,26). The van der Waals surface area contributed by atoms with Crippen LogP contribution < -0.4 is 10.5 Å². The second kappa shape index (κ2) is 7.37. The molecule has 2 aromatic carbocycles. The second-order valence-electron chi connectivity index (χ2n) is 6.37. The normalized spacial score (nSPS) is 10.8. The number of carboxylic acids is 1. The van der Waals surface area contributed by atoms with Gasteiger partial charge in [0, 0.05) is 18.7 Å². The summed E-state index contributed by atoms with van der Waals surface area (Å²) < 4.78 is 5.55. The molecule has 0 fully saturated rings. The number of carboxylic acid groups (broad SMARTS) is 1. The molecular weight excluding hydrogens is 390 g/mol. The average Bonchev–Trinajstić information content (AvgIpc) is 3.15. The van der Waals surface area contributed by atoms with Gasteiger partial charge in [-0.05, 0) is 29.3 Å². The molecule has 0 atom stereocenters. The molecule has 0 aliphatic heterocycles. The van der Waals surface area contributed by atoms with Gasteiger partial charge in [0.25, 0.3) is 5.91 Å². The quantitative estimate of drug-likeness (QED) is 0.540. The lowest BCUT2D eigenvalue weighted by Gasteiger charge is -2.15. The fourth-order valence-electron chi connectivity index (χ4n) is 2.94. The number of carbonyl (C=O) groups excluding carboxylic acids is 1. The smallest absolute Gasteiger partial charge is 0.351 e. The van der Waals surface area contributed by atoms with Crippen LogP contribution in [0.2, 0.25) is 0 Å². The molecule has 0 aliphatic rings. The number of nitrogens with zero attached hydrogens (tertiary/aromatic N) is 1. The third-order valence-corrected chi connectivity index (χ3v) is 5.65. The van der Waals surface area contributed by atoms with Gasteiger partial charge in [-0.15, -0.1) is 11.3 Å². The van der Waals surface area contributed by atoms with Crippen molar-refractivity contribution in [1.82, 2.24) is 0 Å². The maximum Gasteiger partial charge on any atom is 0.351 e. The van der Waals surface area contributed by atoms with E-state index in [4.69, 9.17) is 9.52 Å². The second-order valence-corrected chi connectivity index (χ2v) is 7.44. The zero-order valence-corrected chi connectivity index (χ0v) is 16.1. The SMILES string of the molecule is CN(C(=O)c1ccc(-c2ccccc2)cc1)c1cc2oc(=O)c(C(=O)O)cc2s1. The first-order chi connectivity index (χ1) is 13.9. The van der Waals surface area contributed by atoms with Crippen LogP contribution >= 0.6 is 11.3 Å². The van der Waals surface area contributed by atoms with Crippen LogP contribution in [0.4, 0.5) is 5.00 Å². The number of hydrogen-bond donors (Lipinski definition) is 1. The molecule has 0 aliphatic carbocycles. The molecule has 0 saturated heterocycles. The first-order valence-corrected chi connectivity index (χ1v) is 9.50. The van der Waals surface area contributed by atoms with E-state index in [-0.39, 0.29) is 11.5 Å². The average molecular weight is 405 g/mol. The maximum absolute atomic E-state index is 12.9. The zero-order valence-electron chi connectivity index (χ0n) is 15.3. The summed E-state index contributed by atoms with van der Waals surface area (Å²) >= 11 is 1.18. The van der Waals surface area contributed by atoms with Crippen molar-refractivity contribution in [2.24, 2.45) is 0 Å². The predicted octanol–water partition coefficient (Wildman–Crippen LogP) is 4.50. The van der Waals surface area contributed by atoms with Gasteiger partial charge < -0.3 is 14.4 Å². The molecule has 0 unspecified atom stereocenters. The number of carbonyl (C=O) groups is 2. The van der Waals surface area contributed by atoms with E-state index >= 15 is 0 Å². The van der Waals surface area contributed by atoms with Crippen LogP contribution in [0.25, 0.3) is 21.4 Å². The lowest BCUT2D eigenvalue weighted by molar-refractivity contribution is 0.0692. The molecule has 6 nitrogen and oxygen atoms in total. The summed E-state index contributed by atoms with van der Waals surface area (Å²) in [5.74, 6) is -1.57. The number of benzene rings is 2. The van der Waals surface area contributed by atoms with E-state index in [9.17, 15) is 14.4 Å². The number of fused-ring (bicyclic) bond motifs is 1. The summed E-state index contributed by atoms with van der Waals surface area (Å²) in [6.07, 6.45) is 0. The molecule has 0 radical (unpaired) electrons. The number of thiophene rings is 1. The molecule has 1 N–H and O–H groups in total. The lowest BCUT2D eigenvalue weighted by Crippen LogP contribution is -2.25. The maximum atomic E-state index is 12.9. The van der Waals surface area contributed by atoms with E-state index in [0.29, 0.717) is 15.3 Å². The van der Waals surface area contributed by atoms with Crippen molar-refractivity contribution in [2.45, 2.75) is 0 Å². The number of hydrogen-bond acceptors (Lipinski definition) is 5. The van der Waals surface area contributed by atoms with E-state index in [2.05, 4.69) is 0 Å². The Kier molecular flexibility index (Phi) is 4.74. The summed E-state index contributed by atoms with van der Waals surface area (Å²) in [5.41, 5.74) is 1.48. The first-order valence-electron chi connectivity index (χ1n) is 8.68. The number of anilines is 1. The lowest BCUT2D eigenvalue weighted by atomic mass is 10.0. The van der Waals surface area contributed by atoms with Crippen LogP contribution in [0, 0.1) is 0 Å². The van der Waals surface area contributed by atoms with Gasteiger partial charge >= 0.3 is 11.6 Å². The molecule has 4 rings (SSSR count). The minimum atomic E-state index is -1.35. The zero-order chi connectivity index (χ0) is 20.5. The Balaban J connectivity index is 1.62. The topological polar surface area (TPSA) is 87.8 Å². The summed E-state index contributed by atoms with van der Waals surface area (Å²) in [5, 5.41) is 9.61. The molecular formula is C22H15NO5S. The highest BCUT2D eigenvalue weighted by Crippen LogP contribution is 2.32. The third-order valence-electron chi connectivity index (χ3n) is 4.51. The van der Waals surface area contributed by atoms with Crippen molar-refractivity contribution in [3.63, 3.8) is 0 Å². The van der Waals surface area contributed by atoms with Crippen LogP contribution in [-0.2, 0) is 0 Å². The molecule has 2 heterocycles. The van der Waals surface area contributed by atoms with Gasteiger partial charge in [0.2, 0.25) is 0 Å². The largest absolute Gasteiger partial charge is 0.477 e. The Bertz CT molecular complexity index is 1270. The first kappa shape index (κ1) is 18.6. The van der Waals surface area contributed by atoms with Crippen LogP contribution in [0.5, 0.6) is 0 Å². The summed E-state index contributed by atoms with van der Waals surface area (Å²) in [6.45, 7) is 0. The Hall–Kier alpha value is -3.71. The highest BCUT2D eigenvalue weighted by atomic mass is 32.1. The molecule has 1 amide bonds. The van der Waals surface area contributed by atoms with E-state index in [1.807, 2.05) is 42.5 Å². The van der Waals surface area contributed by atoms with E-state index in [1.165, 1.54) is 22.3 Å². The fourth-order valence-corrected chi connectivity index (χ4v) is 3.93. The van der Waals surface area contributed by atoms with E-state index in [1.54, 1.807) is 25.2 Å². The Morgan fingerprint density at radius 1 is 0.966 bits per heavy atom. The van der Waals surface area contributed by atoms with Crippen LogP contribution in [0.3, 0.4) is 0 Å². The van der Waals surface area contributed by atoms with Crippen LogP contribution in [0.15, 0.2) is 75.9 Å². The van der Waals surface area contributed by atoms with Crippen molar-refractivity contribution in [3.8, 4) is 11.1 Å². The Labute approximate surface area is 169 Å². The van der Waals surface area contributed by atoms with Crippen molar-refractivity contribution < 1.29 is 19.1 Å². The minimum Gasteiger partial charge on any atom is -0.477 e. The Morgan fingerprint density at radius 2 is 1.62 bits per heavy atom. The molecule has 7 heteroatoms. The molecule has 4 aromatic rings. The summed E-state index contributed by atoms with van der Waals surface area (Å²) in [6, 6.07) is 20.0. The van der Waals surface area contributed by atoms with Crippen molar-refractivity contribution in [2.75, 3.05) is 11.9 Å². The van der Waals surface area contributed by atoms with Gasteiger partial charge in [-0.25, -0.2) is 9.59 Å². The molecule has 0 saturated carbocycles. The molecule has 29 heavy (non-hydrogen) atoms. The summed E-state index contributed by atoms with van der Waals surface area (Å²) in [4.78, 5) is 37.1. The van der Waals surface area contributed by atoms with Gasteiger partial charge in [-0.2, -0.15) is 0 Å². The van der Waals surface area contributed by atoms with Crippen molar-refractivity contribution in [3.05, 3.63) is 88.3 Å². The molecule has 0 spiro atoms. The van der Waals surface area contributed by atoms with E-state index in [0.717, 1.165) is 11.1 Å². The van der Waals surface area contributed by atoms with Gasteiger partial charge in [0.05, 0.1) is 4.70 Å². The van der Waals surface area contributed by atoms with E-state index < -0.39 is 17.2 Å². The monoisotopic (exact) mass is 405 g/mol. The highest BCUT2D eigenvalue weighted by molar-refractivity contribution is 7.22. The summed E-state index contributed by atoms with van der Waals surface area (Å²) in [7, 11) is 1.62. The van der Waals surface area contributed by atoms with Gasteiger partial charge in [0.1, 0.15) is 10.6 Å². The van der Waals surface area contributed by atoms with Crippen molar-refractivity contribution in [1.29, 1.82) is 0 Å². The molecule has 2 aromatic heterocycles. The highest BCUT2D eigenvalue weighted by Gasteiger charge is 2.19.